The molecule has 1 unspecified atom stereocenters. The largest absolute Gasteiger partial charge is 0.394 e. The summed E-state index contributed by atoms with van der Waals surface area (Å²) in [4.78, 5) is 26.9. The van der Waals surface area contributed by atoms with Gasteiger partial charge >= 0.3 is 0 Å². The van der Waals surface area contributed by atoms with E-state index in [1.54, 1.807) is 30.3 Å². The van der Waals surface area contributed by atoms with Crippen LogP contribution in [0, 0.1) is 11.8 Å². The molecule has 6 aromatic carbocycles. The van der Waals surface area contributed by atoms with Crippen LogP contribution in [-0.2, 0) is 48.4 Å². The standard InChI is InChI=1S/2C27H30Cl3N3O2.C26H29ClN2O2S/c2*1-16(2)23(15-34)31-27(35)25-21-9-4-3-7-18(12-17-6-5-8-19(28)13-17)26(21)33(32-25)24-11-10-20(29)14-22(24)30;1-19(21-9-3-2-4-10-21)18-32(30,31)15-14-25-24-13-6-5-11-22(26(24)29-28-25)16-20-8-7-12-23(27)17-20/h2*5-6,8,10-11,13-14,16,18,23,34H,3-4,7,9,12,15H2,1-2H3,(H,31,35);2-4,7-10,12,14-15,17,19,22H,5-6,11,13,16,18H2,1H3,(H,28,29)/b;;15-14+/t18-,23+;18-,23-;19-,22?/m011/s1. The highest BCUT2D eigenvalue weighted by Crippen LogP contribution is 2.42. The van der Waals surface area contributed by atoms with Crippen molar-refractivity contribution in [2.24, 2.45) is 11.8 Å². The van der Waals surface area contributed by atoms with Crippen molar-refractivity contribution < 1.29 is 28.2 Å². The lowest BCUT2D eigenvalue weighted by Gasteiger charge is -2.20. The first-order chi connectivity index (χ1) is 49.0. The Bertz CT molecular complexity index is 4310. The Morgan fingerprint density at radius 1 is 0.529 bits per heavy atom. The molecule has 12 rings (SSSR count). The van der Waals surface area contributed by atoms with E-state index in [4.69, 9.17) is 91.4 Å². The predicted molar refractivity (Wildman–Crippen MR) is 416 cm³/mol. The molecule has 3 aliphatic rings. The van der Waals surface area contributed by atoms with Crippen LogP contribution in [0.15, 0.2) is 145 Å². The predicted octanol–water partition coefficient (Wildman–Crippen LogP) is 19.6. The van der Waals surface area contributed by atoms with Crippen molar-refractivity contribution in [3.63, 3.8) is 0 Å². The van der Waals surface area contributed by atoms with Gasteiger partial charge in [0.15, 0.2) is 21.2 Å². The highest BCUT2D eigenvalue weighted by atomic mass is 35.5. The average Bonchev–Trinajstić information content (AvgIpc) is 1.62. The van der Waals surface area contributed by atoms with Crippen molar-refractivity contribution in [1.29, 1.82) is 0 Å². The average molecular weight is 1540 g/mol. The number of amides is 2. The van der Waals surface area contributed by atoms with Crippen molar-refractivity contribution in [2.75, 3.05) is 19.0 Å². The van der Waals surface area contributed by atoms with Crippen LogP contribution in [0.1, 0.15) is 199 Å². The van der Waals surface area contributed by atoms with Crippen LogP contribution in [-0.4, -0.2) is 91.3 Å². The smallest absolute Gasteiger partial charge is 0.272 e. The number of benzene rings is 6. The minimum atomic E-state index is -3.36. The third kappa shape index (κ3) is 20.3. The van der Waals surface area contributed by atoms with Crippen LogP contribution in [0.4, 0.5) is 0 Å². The van der Waals surface area contributed by atoms with Crippen LogP contribution >= 0.6 is 81.2 Å². The zero-order chi connectivity index (χ0) is 72.8. The lowest BCUT2D eigenvalue weighted by Crippen LogP contribution is -2.41. The van der Waals surface area contributed by atoms with Crippen LogP contribution < -0.4 is 10.6 Å². The van der Waals surface area contributed by atoms with Gasteiger partial charge in [0.05, 0.1) is 69.6 Å². The number of nitrogens with zero attached hydrogens (tertiary/aromatic N) is 5. The number of aliphatic hydroxyl groups excluding tert-OH is 2. The Labute approximate surface area is 634 Å². The topological polar surface area (TPSA) is 197 Å². The van der Waals surface area contributed by atoms with Gasteiger partial charge in [-0.1, -0.05) is 202 Å². The molecule has 0 saturated heterocycles. The number of aromatic amines is 1. The van der Waals surface area contributed by atoms with Crippen molar-refractivity contribution in [1.82, 2.24) is 40.4 Å². The molecule has 0 aliphatic heterocycles. The van der Waals surface area contributed by atoms with E-state index < -0.39 is 9.84 Å². The Morgan fingerprint density at radius 2 is 0.941 bits per heavy atom. The molecule has 3 aromatic heterocycles. The SMILES string of the molecule is CC(C)[C@@H](CO)NC(=O)c1nn(-c2ccc(Cl)cc2Cl)c2c1CCCC[C@@H]2Cc1cccc(Cl)c1.CC(C)[C@@H](CO)NC(=O)c1nn(-c2ccc(Cl)cc2Cl)c2c1CCCC[C@H]2Cc1cccc(Cl)c1.C[C@H](CS(=O)(=O)/C=C/c1n[nH]c2c1CCCCC2Cc1cccc(Cl)c1)c1ccccc1. The number of rotatable bonds is 21. The van der Waals surface area contributed by atoms with Crippen LogP contribution in [0.5, 0.6) is 0 Å². The second-order valence-corrected chi connectivity index (χ2v) is 32.7. The maximum atomic E-state index is 13.4. The fraction of sp³-hybridized carbons (Fsp3) is 0.388. The maximum Gasteiger partial charge on any atom is 0.272 e. The highest BCUT2D eigenvalue weighted by molar-refractivity contribution is 7.94. The molecule has 3 aliphatic carbocycles. The number of aromatic nitrogens is 6. The van der Waals surface area contributed by atoms with E-state index in [1.165, 1.54) is 11.0 Å². The minimum Gasteiger partial charge on any atom is -0.394 e. The molecule has 2 amide bonds. The summed E-state index contributed by atoms with van der Waals surface area (Å²) < 4.78 is 29.1. The van der Waals surface area contributed by atoms with E-state index in [9.17, 15) is 28.2 Å². The van der Waals surface area contributed by atoms with E-state index in [0.717, 1.165) is 157 Å². The number of nitrogens with one attached hydrogen (secondary N) is 3. The first kappa shape index (κ1) is 78.1. The molecule has 540 valence electrons. The summed E-state index contributed by atoms with van der Waals surface area (Å²) in [5.41, 5.74) is 13.6. The second-order valence-electron chi connectivity index (χ2n) is 27.7. The molecular formula is C80H89Cl7N8O6S. The van der Waals surface area contributed by atoms with Gasteiger partial charge in [0, 0.05) is 70.7 Å². The third-order valence-corrected chi connectivity index (χ3v) is 22.9. The Kier molecular flexibility index (Phi) is 28.0. The summed E-state index contributed by atoms with van der Waals surface area (Å²) >= 11 is 44.3. The van der Waals surface area contributed by atoms with Crippen molar-refractivity contribution >= 4 is 109 Å². The quantitative estimate of drug-likeness (QED) is 0.0435. The molecule has 5 N–H and O–H groups in total. The fourth-order valence-electron chi connectivity index (χ4n) is 14.1. The summed E-state index contributed by atoms with van der Waals surface area (Å²) in [6.45, 7) is 9.55. The molecule has 9 aromatic rings. The minimum absolute atomic E-state index is 0.0655. The van der Waals surface area contributed by atoms with Gasteiger partial charge in [-0.2, -0.15) is 15.3 Å². The normalized spacial score (nSPS) is 17.0. The van der Waals surface area contributed by atoms with E-state index >= 15 is 0 Å². The molecule has 22 heteroatoms. The number of H-pyrrole nitrogens is 1. The first-order valence-corrected chi connectivity index (χ1v) is 39.6. The molecular weight excluding hydrogens is 1450 g/mol. The molecule has 0 fully saturated rings. The van der Waals surface area contributed by atoms with Gasteiger partial charge in [0.25, 0.3) is 11.8 Å². The molecule has 6 atom stereocenters. The number of carbonyl (C=O) groups is 2. The number of fused-ring (bicyclic) bond motifs is 3. The number of carbonyl (C=O) groups excluding carboxylic acids is 2. The molecule has 0 radical (unpaired) electrons. The van der Waals surface area contributed by atoms with Crippen molar-refractivity contribution in [2.45, 2.75) is 167 Å². The zero-order valence-electron chi connectivity index (χ0n) is 58.1. The molecule has 3 heterocycles. The number of sulfone groups is 1. The molecule has 0 saturated carbocycles. The number of halogens is 7. The van der Waals surface area contributed by atoms with Gasteiger partial charge in [0.2, 0.25) is 0 Å². The van der Waals surface area contributed by atoms with Gasteiger partial charge in [-0.15, -0.1) is 0 Å². The summed E-state index contributed by atoms with van der Waals surface area (Å²) in [5.74, 6) is 0.229. The monoisotopic (exact) mass is 1530 g/mol. The van der Waals surface area contributed by atoms with E-state index in [0.29, 0.717) is 58.8 Å². The van der Waals surface area contributed by atoms with E-state index in [2.05, 4.69) is 39.0 Å². The molecule has 14 nitrogen and oxygen atoms in total. The van der Waals surface area contributed by atoms with Gasteiger partial charge in [0.1, 0.15) is 0 Å². The van der Waals surface area contributed by atoms with Crippen LogP contribution in [0.25, 0.3) is 17.5 Å². The number of hydrogen-bond acceptors (Lipinski definition) is 9. The van der Waals surface area contributed by atoms with Gasteiger partial charge < -0.3 is 20.8 Å². The fourth-order valence-corrected chi connectivity index (χ4v) is 17.1. The van der Waals surface area contributed by atoms with Gasteiger partial charge in [-0.05, 0) is 196 Å². The molecule has 0 spiro atoms. The van der Waals surface area contributed by atoms with Gasteiger partial charge in [-0.25, -0.2) is 17.8 Å². The number of aliphatic hydroxyl groups is 2. The van der Waals surface area contributed by atoms with Gasteiger partial charge in [-0.3, -0.25) is 14.7 Å². The van der Waals surface area contributed by atoms with Crippen molar-refractivity contribution in [3.8, 4) is 11.4 Å². The number of hydrogen-bond donors (Lipinski definition) is 5. The second kappa shape index (κ2) is 36.5. The molecule has 102 heavy (non-hydrogen) atoms. The Hall–Kier alpha value is -6.47. The zero-order valence-corrected chi connectivity index (χ0v) is 64.2. The first-order valence-electron chi connectivity index (χ1n) is 35.2. The highest BCUT2D eigenvalue weighted by Gasteiger charge is 2.35. The van der Waals surface area contributed by atoms with Crippen molar-refractivity contribution in [3.05, 3.63) is 253 Å². The van der Waals surface area contributed by atoms with E-state index in [1.807, 2.05) is 141 Å². The van der Waals surface area contributed by atoms with Crippen LogP contribution in [0.2, 0.25) is 35.2 Å². The van der Waals surface area contributed by atoms with E-state index in [-0.39, 0.29) is 72.5 Å². The summed E-state index contributed by atoms with van der Waals surface area (Å²) in [6, 6.07) is 43.5. The summed E-state index contributed by atoms with van der Waals surface area (Å²) in [7, 11) is -3.36. The molecule has 0 bridgehead atoms. The Balaban J connectivity index is 0.000000165. The lowest BCUT2D eigenvalue weighted by atomic mass is 9.90. The summed E-state index contributed by atoms with van der Waals surface area (Å²) in [5, 5.41) is 48.3. The maximum absolute atomic E-state index is 13.4. The third-order valence-electron chi connectivity index (χ3n) is 19.6. The lowest BCUT2D eigenvalue weighted by molar-refractivity contribution is 0.0884. The Morgan fingerprint density at radius 3 is 1.35 bits per heavy atom. The van der Waals surface area contributed by atoms with Crippen LogP contribution in [0.3, 0.4) is 0 Å². The summed E-state index contributed by atoms with van der Waals surface area (Å²) in [6.07, 6.45) is 15.8.